The van der Waals surface area contributed by atoms with Gasteiger partial charge in [0.25, 0.3) is 0 Å². The van der Waals surface area contributed by atoms with Crippen molar-refractivity contribution in [1.82, 2.24) is 0 Å². The number of allylic oxidation sites excluding steroid dienone is 2. The molecule has 3 aromatic rings. The molecule has 0 amide bonds. The van der Waals surface area contributed by atoms with Crippen molar-refractivity contribution in [2.45, 2.75) is 12.0 Å². The number of fused-ring (bicyclic) bond motifs is 6. The van der Waals surface area contributed by atoms with E-state index in [0.717, 1.165) is 28.8 Å². The summed E-state index contributed by atoms with van der Waals surface area (Å²) in [7, 11) is 0. The molecule has 0 fully saturated rings. The van der Waals surface area contributed by atoms with Gasteiger partial charge in [-0.15, -0.1) is 6.07 Å². The minimum Gasteiger partial charge on any atom is -0.360 e. The fourth-order valence-corrected chi connectivity index (χ4v) is 4.39. The summed E-state index contributed by atoms with van der Waals surface area (Å²) in [6, 6.07) is 22.7. The maximum absolute atomic E-state index is 9.40. The average Bonchev–Trinajstić information content (AvgIpc) is 3.02. The number of pyridine rings is 1. The van der Waals surface area contributed by atoms with Crippen molar-refractivity contribution in [2.24, 2.45) is 0 Å². The first-order valence-corrected chi connectivity index (χ1v) is 8.61. The first kappa shape index (κ1) is 18.0. The normalized spacial score (nSPS) is 18.4. The molecule has 0 bridgehead atoms. The standard InChI is InChI=1S/C24H15N2.Y/c1-2-19-14-20-8-5-6-12-26(20)24(19)15-18-7-3-4-9-21(18)22-13-17(16-25)10-11-23(22)24;/h1-13H,15H2;/q-1;. The first-order chi connectivity index (χ1) is 12.8. The van der Waals surface area contributed by atoms with E-state index in [4.69, 9.17) is 6.58 Å². The number of aromatic nitrogens is 1. The molecule has 1 aromatic heterocycles. The van der Waals surface area contributed by atoms with Crippen molar-refractivity contribution < 1.29 is 37.3 Å². The zero-order chi connectivity index (χ0) is 17.7. The molecule has 2 heterocycles. The SMILES string of the molecule is [CH-]=CC1=[C-]c2cccc[n+]2C12Cc1ccccc1-c1cc(C#N)ccc12.[Y]. The monoisotopic (exact) mass is 420 g/mol. The van der Waals surface area contributed by atoms with Gasteiger partial charge in [0.2, 0.25) is 0 Å². The maximum atomic E-state index is 9.40. The topological polar surface area (TPSA) is 27.7 Å². The van der Waals surface area contributed by atoms with Crippen LogP contribution in [0.2, 0.25) is 0 Å². The Morgan fingerprint density at radius 1 is 1.07 bits per heavy atom. The van der Waals surface area contributed by atoms with E-state index >= 15 is 0 Å². The molecule has 0 saturated carbocycles. The van der Waals surface area contributed by atoms with E-state index < -0.39 is 5.54 Å². The van der Waals surface area contributed by atoms with E-state index in [1.165, 1.54) is 11.1 Å². The van der Waals surface area contributed by atoms with Gasteiger partial charge in [0.15, 0.2) is 6.20 Å². The Hall–Kier alpha value is -2.34. The van der Waals surface area contributed by atoms with Gasteiger partial charge in [-0.2, -0.15) is 11.3 Å². The summed E-state index contributed by atoms with van der Waals surface area (Å²) in [5.74, 6) is 0. The third-order valence-electron chi connectivity index (χ3n) is 5.49. The Morgan fingerprint density at radius 2 is 1.89 bits per heavy atom. The van der Waals surface area contributed by atoms with Crippen molar-refractivity contribution in [1.29, 1.82) is 5.26 Å². The molecule has 1 aliphatic carbocycles. The smallest absolute Gasteiger partial charge is 0.165 e. The van der Waals surface area contributed by atoms with E-state index in [1.54, 1.807) is 6.08 Å². The fraction of sp³-hybridized carbons (Fsp3) is 0.0833. The van der Waals surface area contributed by atoms with Crippen molar-refractivity contribution in [2.75, 3.05) is 0 Å². The van der Waals surface area contributed by atoms with Gasteiger partial charge >= 0.3 is 0 Å². The number of nitrogens with zero attached hydrogens (tertiary/aromatic N) is 2. The van der Waals surface area contributed by atoms with Gasteiger partial charge < -0.3 is 12.7 Å². The molecule has 1 radical (unpaired) electrons. The van der Waals surface area contributed by atoms with Crippen LogP contribution in [0, 0.1) is 24.0 Å². The maximum Gasteiger partial charge on any atom is 0.165 e. The van der Waals surface area contributed by atoms with Crippen LogP contribution in [0.3, 0.4) is 0 Å². The van der Waals surface area contributed by atoms with Crippen molar-refractivity contribution >= 4 is 0 Å². The van der Waals surface area contributed by atoms with Crippen LogP contribution in [-0.4, -0.2) is 0 Å². The largest absolute Gasteiger partial charge is 0.360 e. The van der Waals surface area contributed by atoms with Crippen LogP contribution in [-0.2, 0) is 44.7 Å². The van der Waals surface area contributed by atoms with Gasteiger partial charge in [-0.3, -0.25) is 0 Å². The van der Waals surface area contributed by atoms with E-state index in [2.05, 4.69) is 53.2 Å². The van der Waals surface area contributed by atoms with Crippen LogP contribution in [0.1, 0.15) is 22.4 Å². The molecule has 1 atom stereocenters. The quantitative estimate of drug-likeness (QED) is 0.434. The van der Waals surface area contributed by atoms with Crippen molar-refractivity contribution in [3.8, 4) is 17.2 Å². The molecule has 1 unspecified atom stereocenters. The fourth-order valence-electron chi connectivity index (χ4n) is 4.39. The summed E-state index contributed by atoms with van der Waals surface area (Å²) in [5, 5.41) is 9.40. The second kappa shape index (κ2) is 6.68. The van der Waals surface area contributed by atoms with E-state index in [1.807, 2.05) is 30.3 Å². The van der Waals surface area contributed by atoms with Crippen LogP contribution in [0.15, 0.2) is 78.5 Å². The predicted molar refractivity (Wildman–Crippen MR) is 98.7 cm³/mol. The third kappa shape index (κ3) is 2.43. The summed E-state index contributed by atoms with van der Waals surface area (Å²) < 4.78 is 2.26. The van der Waals surface area contributed by atoms with Crippen molar-refractivity contribution in [3.05, 3.63) is 114 Å². The summed E-state index contributed by atoms with van der Waals surface area (Å²) in [4.78, 5) is 0. The zero-order valence-electron chi connectivity index (χ0n) is 14.7. The predicted octanol–water partition coefficient (Wildman–Crippen LogP) is 3.89. The van der Waals surface area contributed by atoms with Gasteiger partial charge in [0.1, 0.15) is 5.54 Å². The number of benzene rings is 2. The molecule has 2 nitrogen and oxygen atoms in total. The van der Waals surface area contributed by atoms with Crippen LogP contribution >= 0.6 is 0 Å². The number of rotatable bonds is 1. The molecule has 27 heavy (non-hydrogen) atoms. The minimum absolute atomic E-state index is 0. The summed E-state index contributed by atoms with van der Waals surface area (Å²) in [6.45, 7) is 6.06. The molecule has 1 aliphatic heterocycles. The second-order valence-corrected chi connectivity index (χ2v) is 6.73. The molecule has 5 rings (SSSR count). The van der Waals surface area contributed by atoms with Crippen molar-refractivity contribution in [3.63, 3.8) is 0 Å². The van der Waals surface area contributed by atoms with Crippen LogP contribution in [0.4, 0.5) is 0 Å². The Balaban J connectivity index is 0.00000180. The van der Waals surface area contributed by atoms with Gasteiger partial charge in [-0.25, -0.2) is 10.1 Å². The van der Waals surface area contributed by atoms with E-state index in [0.29, 0.717) is 5.56 Å². The second-order valence-electron chi connectivity index (χ2n) is 6.73. The Kier molecular flexibility index (Phi) is 4.46. The minimum atomic E-state index is -0.428. The summed E-state index contributed by atoms with van der Waals surface area (Å²) in [5.41, 5.74) is 6.90. The van der Waals surface area contributed by atoms with Gasteiger partial charge in [0, 0.05) is 44.7 Å². The molecule has 2 aliphatic rings. The number of hydrogen-bond acceptors (Lipinski definition) is 1. The van der Waals surface area contributed by atoms with Gasteiger partial charge in [-0.05, 0) is 34.9 Å². The molecule has 1 spiro atoms. The van der Waals surface area contributed by atoms with E-state index in [-0.39, 0.29) is 32.7 Å². The molecule has 2 aromatic carbocycles. The average molecular weight is 420 g/mol. The number of hydrogen-bond donors (Lipinski definition) is 0. The van der Waals surface area contributed by atoms with Gasteiger partial charge in [0.05, 0.1) is 17.3 Å². The summed E-state index contributed by atoms with van der Waals surface area (Å²) >= 11 is 0. The molecule has 0 N–H and O–H groups in total. The molecular formula is C24H15N2Y-. The Labute approximate surface area is 184 Å². The molecular weight excluding hydrogens is 405 g/mol. The van der Waals surface area contributed by atoms with Crippen LogP contribution in [0.5, 0.6) is 0 Å². The molecule has 3 heteroatoms. The third-order valence-corrected chi connectivity index (χ3v) is 5.49. The number of nitriles is 1. The Bertz CT molecular complexity index is 1150. The first-order valence-electron chi connectivity index (χ1n) is 8.61. The molecule has 0 saturated heterocycles. The Morgan fingerprint density at radius 3 is 2.70 bits per heavy atom. The van der Waals surface area contributed by atoms with Crippen LogP contribution < -0.4 is 4.57 Å². The molecule has 125 valence electrons. The zero-order valence-corrected chi connectivity index (χ0v) is 17.5. The van der Waals surface area contributed by atoms with Gasteiger partial charge in [-0.1, -0.05) is 36.4 Å². The summed E-state index contributed by atoms with van der Waals surface area (Å²) in [6.07, 6.45) is 8.05. The van der Waals surface area contributed by atoms with E-state index in [9.17, 15) is 5.26 Å². The van der Waals surface area contributed by atoms with Crippen LogP contribution in [0.25, 0.3) is 11.1 Å².